The summed E-state index contributed by atoms with van der Waals surface area (Å²) in [7, 11) is 3.19. The van der Waals surface area contributed by atoms with E-state index in [1.165, 1.54) is 0 Å². The third-order valence-electron chi connectivity index (χ3n) is 5.54. The topological polar surface area (TPSA) is 77.1 Å². The normalized spacial score (nSPS) is 15.7. The molecule has 0 radical (unpaired) electrons. The summed E-state index contributed by atoms with van der Waals surface area (Å²) in [6.07, 6.45) is 0.903. The minimum absolute atomic E-state index is 0.118. The number of nitrogens with zero attached hydrogens (tertiary/aromatic N) is 1. The van der Waals surface area contributed by atoms with Crippen LogP contribution in [0.25, 0.3) is 0 Å². The van der Waals surface area contributed by atoms with Crippen LogP contribution in [-0.4, -0.2) is 50.7 Å². The lowest BCUT2D eigenvalue weighted by atomic mass is 9.90. The third-order valence-corrected chi connectivity index (χ3v) is 5.54. The third kappa shape index (κ3) is 5.35. The molecule has 0 aromatic heterocycles. The van der Waals surface area contributed by atoms with Crippen LogP contribution in [0.15, 0.2) is 36.4 Å². The molecular formula is C24H30N2O5. The Morgan fingerprint density at radius 1 is 1.13 bits per heavy atom. The number of aryl methyl sites for hydroxylation is 1. The Morgan fingerprint density at radius 3 is 2.52 bits per heavy atom. The second-order valence-corrected chi connectivity index (χ2v) is 7.51. The van der Waals surface area contributed by atoms with Crippen molar-refractivity contribution in [1.82, 2.24) is 4.90 Å². The van der Waals surface area contributed by atoms with Crippen LogP contribution in [0.3, 0.4) is 0 Å². The maximum absolute atomic E-state index is 12.8. The smallest absolute Gasteiger partial charge is 0.307 e. The van der Waals surface area contributed by atoms with Gasteiger partial charge in [0, 0.05) is 18.3 Å². The van der Waals surface area contributed by atoms with E-state index >= 15 is 0 Å². The minimum Gasteiger partial charge on any atom is -0.493 e. The van der Waals surface area contributed by atoms with Crippen molar-refractivity contribution in [2.75, 3.05) is 39.2 Å². The number of benzene rings is 2. The molecule has 0 aliphatic carbocycles. The molecule has 1 aliphatic heterocycles. The van der Waals surface area contributed by atoms with E-state index in [1.807, 2.05) is 48.2 Å². The Bertz CT molecular complexity index is 944. The monoisotopic (exact) mass is 426 g/mol. The lowest BCUT2D eigenvalue weighted by molar-refractivity contribution is -0.145. The Hall–Kier alpha value is -3.06. The number of amides is 1. The molecule has 1 aliphatic rings. The van der Waals surface area contributed by atoms with E-state index in [9.17, 15) is 9.59 Å². The van der Waals surface area contributed by atoms with Gasteiger partial charge in [0.1, 0.15) is 0 Å². The molecule has 7 heteroatoms. The highest BCUT2D eigenvalue weighted by Gasteiger charge is 2.32. The first-order chi connectivity index (χ1) is 15.0. The molecule has 0 saturated heterocycles. The van der Waals surface area contributed by atoms with Gasteiger partial charge in [-0.25, -0.2) is 0 Å². The van der Waals surface area contributed by atoms with Crippen molar-refractivity contribution in [3.63, 3.8) is 0 Å². The first-order valence-corrected chi connectivity index (χ1v) is 10.5. The molecule has 3 rings (SSSR count). The van der Waals surface area contributed by atoms with Gasteiger partial charge in [-0.2, -0.15) is 0 Å². The van der Waals surface area contributed by atoms with E-state index in [4.69, 9.17) is 14.2 Å². The predicted octanol–water partition coefficient (Wildman–Crippen LogP) is 3.50. The van der Waals surface area contributed by atoms with Crippen LogP contribution in [0.2, 0.25) is 0 Å². The van der Waals surface area contributed by atoms with Crippen molar-refractivity contribution in [2.45, 2.75) is 32.7 Å². The number of hydrogen-bond acceptors (Lipinski definition) is 6. The fourth-order valence-electron chi connectivity index (χ4n) is 3.97. The van der Waals surface area contributed by atoms with Gasteiger partial charge >= 0.3 is 5.97 Å². The molecule has 166 valence electrons. The Morgan fingerprint density at radius 2 is 1.84 bits per heavy atom. The molecule has 0 spiro atoms. The molecule has 2 aromatic rings. The molecular weight excluding hydrogens is 396 g/mol. The molecule has 1 atom stereocenters. The fraction of sp³-hybridized carbons (Fsp3) is 0.417. The molecule has 31 heavy (non-hydrogen) atoms. The standard InChI is InChI=1S/C24H30N2O5/c1-5-31-24(28)14-20-18-13-22(30-4)21(29-3)12-17(18)10-11-26(20)15-23(27)25-19-9-7-6-8-16(19)2/h6-9,12-13,20H,5,10-11,14-15H2,1-4H3,(H,25,27)/t20-/m0/s1. The summed E-state index contributed by atoms with van der Waals surface area (Å²) >= 11 is 0. The molecule has 1 amide bonds. The van der Waals surface area contributed by atoms with Crippen molar-refractivity contribution < 1.29 is 23.8 Å². The zero-order valence-electron chi connectivity index (χ0n) is 18.6. The number of rotatable bonds is 8. The highest BCUT2D eigenvalue weighted by atomic mass is 16.5. The second-order valence-electron chi connectivity index (χ2n) is 7.51. The number of carbonyl (C=O) groups is 2. The quantitative estimate of drug-likeness (QED) is 0.651. The zero-order valence-corrected chi connectivity index (χ0v) is 18.6. The van der Waals surface area contributed by atoms with E-state index in [2.05, 4.69) is 5.32 Å². The van der Waals surface area contributed by atoms with Crippen molar-refractivity contribution in [3.8, 4) is 11.5 Å². The van der Waals surface area contributed by atoms with E-state index in [-0.39, 0.29) is 30.9 Å². The Kier molecular flexibility index (Phi) is 7.52. The van der Waals surface area contributed by atoms with Gasteiger partial charge in [-0.05, 0) is 55.2 Å². The van der Waals surface area contributed by atoms with Crippen LogP contribution in [0.5, 0.6) is 11.5 Å². The SMILES string of the molecule is CCOC(=O)C[C@H]1c2cc(OC)c(OC)cc2CCN1CC(=O)Nc1ccccc1C. The first-order valence-electron chi connectivity index (χ1n) is 10.5. The average molecular weight is 427 g/mol. The van der Waals surface area contributed by atoms with Gasteiger partial charge in [0.25, 0.3) is 0 Å². The predicted molar refractivity (Wildman–Crippen MR) is 119 cm³/mol. The highest BCUT2D eigenvalue weighted by molar-refractivity contribution is 5.93. The number of esters is 1. The minimum atomic E-state index is -0.292. The number of nitrogens with one attached hydrogen (secondary N) is 1. The van der Waals surface area contributed by atoms with Gasteiger partial charge in [0.05, 0.1) is 33.8 Å². The van der Waals surface area contributed by atoms with Gasteiger partial charge in [0.2, 0.25) is 5.91 Å². The van der Waals surface area contributed by atoms with Crippen LogP contribution in [-0.2, 0) is 20.7 Å². The van der Waals surface area contributed by atoms with Gasteiger partial charge in [-0.15, -0.1) is 0 Å². The Labute approximate surface area is 183 Å². The van der Waals surface area contributed by atoms with Crippen molar-refractivity contribution >= 4 is 17.6 Å². The van der Waals surface area contributed by atoms with Crippen molar-refractivity contribution in [1.29, 1.82) is 0 Å². The average Bonchev–Trinajstić information content (AvgIpc) is 2.76. The summed E-state index contributed by atoms with van der Waals surface area (Å²) in [5.41, 5.74) is 3.83. The van der Waals surface area contributed by atoms with Crippen molar-refractivity contribution in [3.05, 3.63) is 53.1 Å². The molecule has 7 nitrogen and oxygen atoms in total. The van der Waals surface area contributed by atoms with E-state index in [0.29, 0.717) is 24.7 Å². The van der Waals surface area contributed by atoms with E-state index in [1.54, 1.807) is 21.1 Å². The van der Waals surface area contributed by atoms with Crippen LogP contribution in [0, 0.1) is 6.92 Å². The number of hydrogen-bond donors (Lipinski definition) is 1. The number of para-hydroxylation sites is 1. The van der Waals surface area contributed by atoms with Crippen LogP contribution >= 0.6 is 0 Å². The summed E-state index contributed by atoms with van der Waals surface area (Å²) in [6.45, 7) is 4.88. The fourth-order valence-corrected chi connectivity index (χ4v) is 3.97. The maximum atomic E-state index is 12.8. The lowest BCUT2D eigenvalue weighted by Crippen LogP contribution is -2.41. The summed E-state index contributed by atoms with van der Waals surface area (Å²) in [6, 6.07) is 11.2. The van der Waals surface area contributed by atoms with Gasteiger partial charge in [0.15, 0.2) is 11.5 Å². The van der Waals surface area contributed by atoms with Gasteiger partial charge in [-0.1, -0.05) is 18.2 Å². The largest absolute Gasteiger partial charge is 0.493 e. The van der Waals surface area contributed by atoms with Crippen LogP contribution in [0.4, 0.5) is 5.69 Å². The molecule has 0 saturated carbocycles. The zero-order chi connectivity index (χ0) is 22.4. The molecule has 1 heterocycles. The van der Waals surface area contributed by atoms with Gasteiger partial charge < -0.3 is 19.5 Å². The first kappa shape index (κ1) is 22.6. The number of methoxy groups -OCH3 is 2. The second kappa shape index (κ2) is 10.3. The summed E-state index contributed by atoms with van der Waals surface area (Å²) in [4.78, 5) is 27.2. The summed E-state index contributed by atoms with van der Waals surface area (Å²) < 4.78 is 16.1. The van der Waals surface area contributed by atoms with E-state index < -0.39 is 0 Å². The summed E-state index contributed by atoms with van der Waals surface area (Å²) in [5, 5.41) is 2.98. The number of carbonyl (C=O) groups excluding carboxylic acids is 2. The highest BCUT2D eigenvalue weighted by Crippen LogP contribution is 2.39. The van der Waals surface area contributed by atoms with E-state index in [0.717, 1.165) is 28.8 Å². The summed E-state index contributed by atoms with van der Waals surface area (Å²) in [5.74, 6) is 0.842. The van der Waals surface area contributed by atoms with Crippen LogP contribution in [0.1, 0.15) is 36.1 Å². The number of fused-ring (bicyclic) bond motifs is 1. The van der Waals surface area contributed by atoms with Crippen molar-refractivity contribution in [2.24, 2.45) is 0 Å². The number of anilines is 1. The molecule has 0 unspecified atom stereocenters. The maximum Gasteiger partial charge on any atom is 0.307 e. The molecule has 0 fully saturated rings. The number of ether oxygens (including phenoxy) is 3. The Balaban J connectivity index is 1.86. The molecule has 1 N–H and O–H groups in total. The molecule has 0 bridgehead atoms. The molecule has 2 aromatic carbocycles. The lowest BCUT2D eigenvalue weighted by Gasteiger charge is -2.37. The van der Waals surface area contributed by atoms with Crippen LogP contribution < -0.4 is 14.8 Å². The van der Waals surface area contributed by atoms with Gasteiger partial charge in [-0.3, -0.25) is 14.5 Å².